The van der Waals surface area contributed by atoms with E-state index >= 15 is 0 Å². The Morgan fingerprint density at radius 3 is 1.51 bits per heavy atom. The first-order valence-electron chi connectivity index (χ1n) is 13.7. The summed E-state index contributed by atoms with van der Waals surface area (Å²) in [5, 5.41) is 113. The number of aliphatic hydroxyl groups is 10. The highest BCUT2D eigenvalue weighted by molar-refractivity contribution is 5.73. The second-order valence-corrected chi connectivity index (χ2v) is 11.1. The highest BCUT2D eigenvalue weighted by Gasteiger charge is 2.56. The molecule has 0 aliphatic carbocycles. The molecule has 19 nitrogen and oxygen atoms in total. The predicted molar refractivity (Wildman–Crippen MR) is 130 cm³/mol. The third kappa shape index (κ3) is 6.83. The molecule has 0 aromatic rings. The highest BCUT2D eigenvalue weighted by Crippen LogP contribution is 2.35. The van der Waals surface area contributed by atoms with Crippen molar-refractivity contribution in [1.29, 1.82) is 0 Å². The predicted octanol–water partition coefficient (Wildman–Crippen LogP) is -6.57. The molecule has 0 aromatic heterocycles. The maximum Gasteiger partial charge on any atom is 0.335 e. The molecule has 0 bridgehead atoms. The summed E-state index contributed by atoms with van der Waals surface area (Å²) >= 11 is 0. The monoisotopic (exact) mass is 632 g/mol. The molecule has 11 N–H and O–H groups in total. The fraction of sp³-hybridized carbons (Fsp3) is 0.958. The highest BCUT2D eigenvalue weighted by atomic mass is 16.8. The minimum absolute atomic E-state index is 1.01. The van der Waals surface area contributed by atoms with Crippen molar-refractivity contribution in [2.75, 3.05) is 0 Å². The van der Waals surface area contributed by atoms with E-state index in [-0.39, 0.29) is 0 Å². The van der Waals surface area contributed by atoms with Gasteiger partial charge >= 0.3 is 5.97 Å². The zero-order valence-corrected chi connectivity index (χ0v) is 23.2. The Kier molecular flexibility index (Phi) is 11.0. The molecule has 4 aliphatic heterocycles. The Morgan fingerprint density at radius 2 is 0.907 bits per heavy atom. The van der Waals surface area contributed by atoms with E-state index in [9.17, 15) is 61.0 Å². The van der Waals surface area contributed by atoms with Crippen LogP contribution < -0.4 is 0 Å². The lowest BCUT2D eigenvalue weighted by Crippen LogP contribution is -2.67. The van der Waals surface area contributed by atoms with Gasteiger partial charge in [-0.15, -0.1) is 0 Å². The van der Waals surface area contributed by atoms with Crippen LogP contribution in [0.5, 0.6) is 0 Å². The lowest BCUT2D eigenvalue weighted by Gasteiger charge is -2.49. The van der Waals surface area contributed by atoms with Crippen molar-refractivity contribution in [3.63, 3.8) is 0 Å². The first-order chi connectivity index (χ1) is 20.0. The van der Waals surface area contributed by atoms with E-state index in [2.05, 4.69) is 0 Å². The van der Waals surface area contributed by atoms with E-state index in [0.29, 0.717) is 0 Å². The maximum absolute atomic E-state index is 11.6. The molecule has 19 heteroatoms. The van der Waals surface area contributed by atoms with E-state index in [1.807, 2.05) is 0 Å². The molecule has 0 radical (unpaired) electrons. The third-order valence-corrected chi connectivity index (χ3v) is 8.06. The third-order valence-electron chi connectivity index (χ3n) is 8.06. The number of hydrogen-bond acceptors (Lipinski definition) is 18. The van der Waals surface area contributed by atoms with Crippen molar-refractivity contribution in [2.45, 2.75) is 144 Å². The SMILES string of the molecule is C[C@@H]1O[C@@H](O[C@@H]2[C@@H](O)[C@H](C)O[C@@H](O[C@@H]3[C@H](O)[C@@H](O)[C@H](C)O[C@H]3O)[C@@H]2O[C@@H]2O[C@H](C(=O)O)[C@@H](O)[C@H](O)[C@H]2O)[C@H](O)[C@H](O)[C@H]1O. The van der Waals surface area contributed by atoms with Crippen molar-refractivity contribution in [3.05, 3.63) is 0 Å². The van der Waals surface area contributed by atoms with E-state index in [1.54, 1.807) is 0 Å². The summed E-state index contributed by atoms with van der Waals surface area (Å²) in [5.74, 6) is -1.73. The van der Waals surface area contributed by atoms with E-state index < -0.39 is 129 Å². The van der Waals surface area contributed by atoms with Gasteiger partial charge in [-0.1, -0.05) is 0 Å². The summed E-state index contributed by atoms with van der Waals surface area (Å²) in [5.41, 5.74) is 0. The van der Waals surface area contributed by atoms with Crippen LogP contribution in [-0.2, 0) is 38.0 Å². The fourth-order valence-electron chi connectivity index (χ4n) is 5.32. The zero-order chi connectivity index (χ0) is 32.1. The summed E-state index contributed by atoms with van der Waals surface area (Å²) in [6.07, 6.45) is -34.4. The maximum atomic E-state index is 11.6. The van der Waals surface area contributed by atoms with Crippen LogP contribution in [0.4, 0.5) is 0 Å². The van der Waals surface area contributed by atoms with Gasteiger partial charge in [0.2, 0.25) is 0 Å². The van der Waals surface area contributed by atoms with Gasteiger partial charge in [0.15, 0.2) is 31.3 Å². The van der Waals surface area contributed by atoms with Crippen molar-refractivity contribution in [3.8, 4) is 0 Å². The van der Waals surface area contributed by atoms with Crippen LogP contribution in [0.15, 0.2) is 0 Å². The molecule has 0 saturated carbocycles. The molecule has 20 atom stereocenters. The van der Waals surface area contributed by atoms with Gasteiger partial charge in [0.05, 0.1) is 18.3 Å². The standard InChI is InChI=1S/C24H40O19/c1-4-8(26)12(30)18(21(36)37-4)42-24-19(43-23-15(33)11(29)13(31)17(41-23)20(34)35)16(9(27)6(3)39-24)40-22-14(32)10(28)7(25)5(2)38-22/h4-19,21-33,36H,1-3H3,(H,34,35)/t4-,5-,6-,7-,8-,9-,10+,11-,12+,13-,14+,15+,16+,17-,18+,19+,21+,22-,23-,24-/m0/s1. The summed E-state index contributed by atoms with van der Waals surface area (Å²) in [6, 6.07) is 0. The van der Waals surface area contributed by atoms with Gasteiger partial charge in [0.1, 0.15) is 73.2 Å². The molecule has 0 spiro atoms. The van der Waals surface area contributed by atoms with Crippen molar-refractivity contribution < 1.29 is 94.1 Å². The Morgan fingerprint density at radius 1 is 0.465 bits per heavy atom. The van der Waals surface area contributed by atoms with Gasteiger partial charge in [-0.25, -0.2) is 4.79 Å². The van der Waals surface area contributed by atoms with Crippen LogP contribution >= 0.6 is 0 Å². The summed E-state index contributed by atoms with van der Waals surface area (Å²) in [6.45, 7) is 4.09. The quantitative estimate of drug-likeness (QED) is 0.124. The second kappa shape index (κ2) is 13.6. The van der Waals surface area contributed by atoms with Crippen LogP contribution in [0.2, 0.25) is 0 Å². The van der Waals surface area contributed by atoms with Crippen LogP contribution in [-0.4, -0.2) is 185 Å². The van der Waals surface area contributed by atoms with Crippen molar-refractivity contribution >= 4 is 5.97 Å². The van der Waals surface area contributed by atoms with E-state index in [1.165, 1.54) is 20.8 Å². The second-order valence-electron chi connectivity index (χ2n) is 11.1. The summed E-state index contributed by atoms with van der Waals surface area (Å²) < 4.78 is 38.8. The molecular weight excluding hydrogens is 592 g/mol. The Hall–Kier alpha value is -1.21. The molecule has 0 amide bonds. The molecular formula is C24H40O19. The normalized spacial score (nSPS) is 54.7. The first kappa shape index (κ1) is 34.7. The topological polar surface area (TPSA) is 304 Å². The lowest BCUT2D eigenvalue weighted by molar-refractivity contribution is -0.402. The van der Waals surface area contributed by atoms with E-state index in [4.69, 9.17) is 33.2 Å². The van der Waals surface area contributed by atoms with Gasteiger partial charge < -0.3 is 89.3 Å². The minimum Gasteiger partial charge on any atom is -0.479 e. The van der Waals surface area contributed by atoms with Gasteiger partial charge in [0.25, 0.3) is 0 Å². The van der Waals surface area contributed by atoms with Gasteiger partial charge in [0, 0.05) is 0 Å². The number of carboxylic acids is 1. The number of rotatable bonds is 7. The average molecular weight is 633 g/mol. The van der Waals surface area contributed by atoms with Crippen LogP contribution in [0, 0.1) is 0 Å². The molecule has 4 saturated heterocycles. The first-order valence-corrected chi connectivity index (χ1v) is 13.7. The largest absolute Gasteiger partial charge is 0.479 e. The van der Waals surface area contributed by atoms with Gasteiger partial charge in [-0.2, -0.15) is 0 Å². The molecule has 0 unspecified atom stereocenters. The average Bonchev–Trinajstić information content (AvgIpc) is 2.95. The number of carbonyl (C=O) groups is 1. The number of aliphatic carboxylic acids is 1. The van der Waals surface area contributed by atoms with Crippen molar-refractivity contribution in [2.24, 2.45) is 0 Å². The number of hydrogen-bond donors (Lipinski definition) is 11. The van der Waals surface area contributed by atoms with Crippen molar-refractivity contribution in [1.82, 2.24) is 0 Å². The zero-order valence-electron chi connectivity index (χ0n) is 23.2. The number of aliphatic hydroxyl groups excluding tert-OH is 10. The van der Waals surface area contributed by atoms with Crippen LogP contribution in [0.3, 0.4) is 0 Å². The Bertz CT molecular complexity index is 942. The van der Waals surface area contributed by atoms with Crippen LogP contribution in [0.25, 0.3) is 0 Å². The number of carboxylic acid groups (broad SMARTS) is 1. The van der Waals surface area contributed by atoms with E-state index in [0.717, 1.165) is 0 Å². The van der Waals surface area contributed by atoms with Gasteiger partial charge in [-0.3, -0.25) is 0 Å². The lowest BCUT2D eigenvalue weighted by atomic mass is 9.96. The Balaban J connectivity index is 1.67. The Labute approximate surface area is 244 Å². The fourth-order valence-corrected chi connectivity index (χ4v) is 5.32. The molecule has 4 heterocycles. The summed E-state index contributed by atoms with van der Waals surface area (Å²) in [4.78, 5) is 11.6. The van der Waals surface area contributed by atoms with Crippen LogP contribution in [0.1, 0.15) is 20.8 Å². The number of ether oxygens (including phenoxy) is 7. The molecule has 43 heavy (non-hydrogen) atoms. The smallest absolute Gasteiger partial charge is 0.335 e. The molecule has 0 aromatic carbocycles. The molecule has 4 aliphatic rings. The summed E-state index contributed by atoms with van der Waals surface area (Å²) in [7, 11) is 0. The van der Waals surface area contributed by atoms with Gasteiger partial charge in [-0.05, 0) is 20.8 Å². The molecule has 4 rings (SSSR count). The molecule has 4 fully saturated rings. The minimum atomic E-state index is -2.10. The molecule has 250 valence electrons.